The molecule has 1 aliphatic heterocycles. The Labute approximate surface area is 128 Å². The van der Waals surface area contributed by atoms with E-state index < -0.39 is 0 Å². The number of carbonyl (C=O) groups is 1. The first-order valence-corrected chi connectivity index (χ1v) is 7.84. The number of esters is 1. The molecule has 1 fully saturated rings. The highest BCUT2D eigenvalue weighted by molar-refractivity contribution is 9.10. The minimum absolute atomic E-state index is 0.0404. The molecule has 1 saturated heterocycles. The first-order chi connectivity index (χ1) is 9.63. The zero-order chi connectivity index (χ0) is 14.4. The van der Waals surface area contributed by atoms with Crippen LogP contribution in [0.2, 0.25) is 0 Å². The summed E-state index contributed by atoms with van der Waals surface area (Å²) >= 11 is 3.35. The van der Waals surface area contributed by atoms with Crippen molar-refractivity contribution in [2.24, 2.45) is 0 Å². The van der Waals surface area contributed by atoms with Gasteiger partial charge in [-0.1, -0.05) is 15.9 Å². The summed E-state index contributed by atoms with van der Waals surface area (Å²) in [5.74, 6) is 0.363. The predicted octanol–water partition coefficient (Wildman–Crippen LogP) is 1.44. The largest absolute Gasteiger partial charge is 0.482 e. The number of benzene rings is 1. The second-order valence-corrected chi connectivity index (χ2v) is 6.12. The highest BCUT2D eigenvalue weighted by Crippen LogP contribution is 2.15. The monoisotopic (exact) mass is 342 g/mol. The van der Waals surface area contributed by atoms with E-state index >= 15 is 0 Å². The lowest BCUT2D eigenvalue weighted by atomic mass is 10.3. The van der Waals surface area contributed by atoms with Crippen molar-refractivity contribution in [2.75, 3.05) is 26.2 Å². The minimum atomic E-state index is -0.306. The number of likely N-dealkylation sites (tertiary alicyclic amines) is 1. The van der Waals surface area contributed by atoms with E-state index in [4.69, 9.17) is 9.47 Å². The number of halogens is 1. The van der Waals surface area contributed by atoms with Gasteiger partial charge in [0.05, 0.1) is 13.1 Å². The molecule has 110 valence electrons. The molecule has 0 aliphatic carbocycles. The van der Waals surface area contributed by atoms with Gasteiger partial charge in [0, 0.05) is 17.3 Å². The molecule has 0 bridgehead atoms. The molecular weight excluding hydrogens is 322 g/mol. The fraction of sp³-hybridized carbons (Fsp3) is 0.533. The van der Waals surface area contributed by atoms with Gasteiger partial charge in [-0.2, -0.15) is 0 Å². The van der Waals surface area contributed by atoms with Gasteiger partial charge in [-0.05, 0) is 31.2 Å². The van der Waals surface area contributed by atoms with E-state index in [2.05, 4.69) is 15.9 Å². The molecule has 0 amide bonds. The maximum atomic E-state index is 11.7. The molecule has 2 rings (SSSR count). The lowest BCUT2D eigenvalue weighted by molar-refractivity contribution is -0.890. The molecular formula is C15H21BrNO3+. The third kappa shape index (κ3) is 5.13. The summed E-state index contributed by atoms with van der Waals surface area (Å²) in [7, 11) is 0. The van der Waals surface area contributed by atoms with Crippen molar-refractivity contribution >= 4 is 21.9 Å². The second kappa shape index (κ2) is 7.64. The lowest BCUT2D eigenvalue weighted by Crippen LogP contribution is -3.11. The Balaban J connectivity index is 1.67. The molecule has 1 aromatic rings. The Morgan fingerprint density at radius 1 is 1.30 bits per heavy atom. The smallest absolute Gasteiger partial charge is 0.344 e. The van der Waals surface area contributed by atoms with Crippen molar-refractivity contribution in [3.63, 3.8) is 0 Å². The summed E-state index contributed by atoms with van der Waals surface area (Å²) in [6.45, 7) is 5.18. The minimum Gasteiger partial charge on any atom is -0.482 e. The Kier molecular flexibility index (Phi) is 5.86. The van der Waals surface area contributed by atoms with Crippen LogP contribution < -0.4 is 9.64 Å². The van der Waals surface area contributed by atoms with E-state index in [9.17, 15) is 4.79 Å². The maximum absolute atomic E-state index is 11.7. The molecule has 1 atom stereocenters. The van der Waals surface area contributed by atoms with Crippen LogP contribution in [0.1, 0.15) is 19.8 Å². The fourth-order valence-corrected chi connectivity index (χ4v) is 2.72. The molecule has 0 saturated carbocycles. The molecule has 5 heteroatoms. The van der Waals surface area contributed by atoms with Crippen LogP contribution in [0.15, 0.2) is 28.7 Å². The van der Waals surface area contributed by atoms with E-state index in [1.54, 1.807) is 0 Å². The molecule has 0 aromatic heterocycles. The SMILES string of the molecule is C[C@H](C[NH+]1CCCC1)OC(=O)COc1ccc(Br)cc1. The van der Waals surface area contributed by atoms with Crippen molar-refractivity contribution in [3.8, 4) is 5.75 Å². The molecule has 0 spiro atoms. The average molecular weight is 343 g/mol. The summed E-state index contributed by atoms with van der Waals surface area (Å²) < 4.78 is 11.7. The van der Waals surface area contributed by atoms with E-state index in [0.29, 0.717) is 5.75 Å². The van der Waals surface area contributed by atoms with Gasteiger partial charge in [0.1, 0.15) is 18.4 Å². The van der Waals surface area contributed by atoms with E-state index in [1.807, 2.05) is 31.2 Å². The van der Waals surface area contributed by atoms with Crippen LogP contribution >= 0.6 is 15.9 Å². The first-order valence-electron chi connectivity index (χ1n) is 7.05. The number of ether oxygens (including phenoxy) is 2. The highest BCUT2D eigenvalue weighted by atomic mass is 79.9. The van der Waals surface area contributed by atoms with Crippen LogP contribution in [0.4, 0.5) is 0 Å². The summed E-state index contributed by atoms with van der Waals surface area (Å²) in [5.41, 5.74) is 0. The van der Waals surface area contributed by atoms with Crippen molar-refractivity contribution in [1.29, 1.82) is 0 Å². The van der Waals surface area contributed by atoms with Gasteiger partial charge in [0.2, 0.25) is 0 Å². The summed E-state index contributed by atoms with van der Waals surface area (Å²) in [5, 5.41) is 0. The van der Waals surface area contributed by atoms with Gasteiger partial charge < -0.3 is 14.4 Å². The van der Waals surface area contributed by atoms with E-state index in [0.717, 1.165) is 11.0 Å². The van der Waals surface area contributed by atoms with Crippen LogP contribution in [-0.2, 0) is 9.53 Å². The average Bonchev–Trinajstić information content (AvgIpc) is 2.90. The quantitative estimate of drug-likeness (QED) is 0.795. The molecule has 0 unspecified atom stereocenters. The van der Waals surface area contributed by atoms with E-state index in [1.165, 1.54) is 30.8 Å². The van der Waals surface area contributed by atoms with Crippen LogP contribution in [0.5, 0.6) is 5.75 Å². The summed E-state index contributed by atoms with van der Waals surface area (Å²) in [4.78, 5) is 13.2. The topological polar surface area (TPSA) is 40.0 Å². The number of hydrogen-bond acceptors (Lipinski definition) is 3. The standard InChI is InChI=1S/C15H20BrNO3/c1-12(10-17-8-2-3-9-17)20-15(18)11-19-14-6-4-13(16)5-7-14/h4-7,12H,2-3,8-11H2,1H3/p+1/t12-/m1/s1. The van der Waals surface area contributed by atoms with Crippen LogP contribution in [0, 0.1) is 0 Å². The summed E-state index contributed by atoms with van der Waals surface area (Å²) in [6, 6.07) is 7.38. The van der Waals surface area contributed by atoms with Crippen molar-refractivity contribution < 1.29 is 19.2 Å². The number of carbonyl (C=O) groups excluding carboxylic acids is 1. The molecule has 20 heavy (non-hydrogen) atoms. The first kappa shape index (κ1) is 15.3. The molecule has 0 radical (unpaired) electrons. The van der Waals surface area contributed by atoms with Gasteiger partial charge in [0.25, 0.3) is 0 Å². The van der Waals surface area contributed by atoms with Crippen molar-refractivity contribution in [2.45, 2.75) is 25.9 Å². The number of hydrogen-bond donors (Lipinski definition) is 1. The van der Waals surface area contributed by atoms with Crippen molar-refractivity contribution in [3.05, 3.63) is 28.7 Å². The van der Waals surface area contributed by atoms with Gasteiger partial charge >= 0.3 is 5.97 Å². The van der Waals surface area contributed by atoms with Gasteiger partial charge in [-0.3, -0.25) is 0 Å². The van der Waals surface area contributed by atoms with E-state index in [-0.39, 0.29) is 18.7 Å². The normalized spacial score (nSPS) is 16.9. The number of quaternary nitrogens is 1. The maximum Gasteiger partial charge on any atom is 0.344 e. The van der Waals surface area contributed by atoms with Gasteiger partial charge in [-0.25, -0.2) is 4.79 Å². The number of rotatable bonds is 6. The molecule has 4 nitrogen and oxygen atoms in total. The van der Waals surface area contributed by atoms with Crippen LogP contribution in [0.3, 0.4) is 0 Å². The zero-order valence-electron chi connectivity index (χ0n) is 11.7. The third-order valence-electron chi connectivity index (χ3n) is 3.39. The highest BCUT2D eigenvalue weighted by Gasteiger charge is 2.20. The van der Waals surface area contributed by atoms with Gasteiger partial charge in [-0.15, -0.1) is 0 Å². The number of nitrogens with one attached hydrogen (secondary N) is 1. The zero-order valence-corrected chi connectivity index (χ0v) is 13.3. The Hall–Kier alpha value is -1.07. The van der Waals surface area contributed by atoms with Crippen LogP contribution in [-0.4, -0.2) is 38.3 Å². The van der Waals surface area contributed by atoms with Crippen LogP contribution in [0.25, 0.3) is 0 Å². The predicted molar refractivity (Wildman–Crippen MR) is 80.0 cm³/mol. The Morgan fingerprint density at radius 2 is 1.95 bits per heavy atom. The molecule has 1 heterocycles. The lowest BCUT2D eigenvalue weighted by Gasteiger charge is -2.18. The third-order valence-corrected chi connectivity index (χ3v) is 3.92. The van der Waals surface area contributed by atoms with Gasteiger partial charge in [0.15, 0.2) is 6.61 Å². The molecule has 1 aliphatic rings. The summed E-state index contributed by atoms with van der Waals surface area (Å²) in [6.07, 6.45) is 2.51. The van der Waals surface area contributed by atoms with Crippen molar-refractivity contribution in [1.82, 2.24) is 0 Å². The Bertz CT molecular complexity index is 429. The molecule has 1 N–H and O–H groups in total. The fourth-order valence-electron chi connectivity index (χ4n) is 2.46. The molecule has 1 aromatic carbocycles. The Morgan fingerprint density at radius 3 is 2.60 bits per heavy atom. The second-order valence-electron chi connectivity index (χ2n) is 5.20.